The number of nitro benzene ring substituents is 1. The predicted octanol–water partition coefficient (Wildman–Crippen LogP) is 3.30. The van der Waals surface area contributed by atoms with Crippen LogP contribution in [0.2, 0.25) is 0 Å². The number of rotatable bonds is 4. The van der Waals surface area contributed by atoms with Crippen LogP contribution in [0.15, 0.2) is 48.5 Å². The van der Waals surface area contributed by atoms with Gasteiger partial charge < -0.3 is 4.90 Å². The molecule has 0 saturated carbocycles. The maximum atomic E-state index is 12.8. The lowest BCUT2D eigenvalue weighted by Crippen LogP contribution is -2.30. The molecule has 1 N–H and O–H groups in total. The summed E-state index contributed by atoms with van der Waals surface area (Å²) in [6, 6.07) is 13.8. The van der Waals surface area contributed by atoms with E-state index in [1.54, 1.807) is 18.0 Å². The van der Waals surface area contributed by atoms with Gasteiger partial charge in [-0.05, 0) is 18.6 Å². The van der Waals surface area contributed by atoms with E-state index in [0.717, 1.165) is 5.56 Å². The number of hydrogen-bond acceptors (Lipinski definition) is 4. The normalized spacial score (nSPS) is 12.1. The third kappa shape index (κ3) is 2.71. The Kier molecular flexibility index (Phi) is 3.99. The van der Waals surface area contributed by atoms with Gasteiger partial charge in [0, 0.05) is 24.6 Å². The zero-order chi connectivity index (χ0) is 17.3. The number of benzene rings is 2. The number of nitro groups is 1. The summed E-state index contributed by atoms with van der Waals surface area (Å²) < 4.78 is 0. The zero-order valence-corrected chi connectivity index (χ0v) is 13.3. The molecule has 7 heteroatoms. The molecule has 0 spiro atoms. The summed E-state index contributed by atoms with van der Waals surface area (Å²) in [6.45, 7) is 1.92. The predicted molar refractivity (Wildman–Crippen MR) is 89.7 cm³/mol. The Morgan fingerprint density at radius 2 is 1.96 bits per heavy atom. The van der Waals surface area contributed by atoms with Gasteiger partial charge in [-0.25, -0.2) is 0 Å². The van der Waals surface area contributed by atoms with E-state index in [2.05, 4.69) is 10.2 Å². The second-order valence-corrected chi connectivity index (χ2v) is 5.56. The van der Waals surface area contributed by atoms with Crippen LogP contribution in [0.25, 0.3) is 10.9 Å². The van der Waals surface area contributed by atoms with Gasteiger partial charge >= 0.3 is 0 Å². The van der Waals surface area contributed by atoms with Gasteiger partial charge in [0.05, 0.1) is 16.5 Å². The Bertz CT molecular complexity index is 905. The number of hydrogen-bond donors (Lipinski definition) is 1. The van der Waals surface area contributed by atoms with Gasteiger partial charge in [-0.2, -0.15) is 5.10 Å². The highest BCUT2D eigenvalue weighted by Gasteiger charge is 2.24. The standard InChI is InChI=1S/C17H16N4O3/c1-11(12-6-4-3-5-7-12)20(2)17(22)16-14-10-13(21(23)24)8-9-15(14)18-19-16/h3-11H,1-2H3,(H,18,19)/t11-/m0/s1. The van der Waals surface area contributed by atoms with Gasteiger partial charge in [-0.3, -0.25) is 20.0 Å². The van der Waals surface area contributed by atoms with E-state index in [0.29, 0.717) is 10.9 Å². The van der Waals surface area contributed by atoms with Crippen molar-refractivity contribution in [1.29, 1.82) is 0 Å². The molecule has 3 rings (SSSR count). The Hall–Kier alpha value is -3.22. The van der Waals surface area contributed by atoms with Crippen molar-refractivity contribution >= 4 is 22.5 Å². The molecule has 0 unspecified atom stereocenters. The fourth-order valence-corrected chi connectivity index (χ4v) is 2.58. The monoisotopic (exact) mass is 324 g/mol. The van der Waals surface area contributed by atoms with Crippen molar-refractivity contribution in [3.8, 4) is 0 Å². The lowest BCUT2D eigenvalue weighted by molar-refractivity contribution is -0.384. The SMILES string of the molecule is C[C@@H](c1ccccc1)N(C)C(=O)c1n[nH]c2ccc([N+](=O)[O-])cc12. The molecule has 0 bridgehead atoms. The number of non-ortho nitro benzene ring substituents is 1. The summed E-state index contributed by atoms with van der Waals surface area (Å²) >= 11 is 0. The topological polar surface area (TPSA) is 92.1 Å². The van der Waals surface area contributed by atoms with Gasteiger partial charge in [0.15, 0.2) is 5.69 Å². The number of amides is 1. The highest BCUT2D eigenvalue weighted by Crippen LogP contribution is 2.25. The van der Waals surface area contributed by atoms with Crippen molar-refractivity contribution in [2.45, 2.75) is 13.0 Å². The average molecular weight is 324 g/mol. The maximum absolute atomic E-state index is 12.8. The number of nitrogens with one attached hydrogen (secondary N) is 1. The fraction of sp³-hybridized carbons (Fsp3) is 0.176. The van der Waals surface area contributed by atoms with Crippen molar-refractivity contribution in [2.75, 3.05) is 7.05 Å². The van der Waals surface area contributed by atoms with Gasteiger partial charge in [0.2, 0.25) is 0 Å². The smallest absolute Gasteiger partial charge is 0.275 e. The van der Waals surface area contributed by atoms with E-state index in [9.17, 15) is 14.9 Å². The van der Waals surface area contributed by atoms with Crippen molar-refractivity contribution in [2.24, 2.45) is 0 Å². The van der Waals surface area contributed by atoms with Gasteiger partial charge in [0.1, 0.15) is 0 Å². The number of carbonyl (C=O) groups is 1. The van der Waals surface area contributed by atoms with Crippen LogP contribution in [-0.4, -0.2) is 33.0 Å². The summed E-state index contributed by atoms with van der Waals surface area (Å²) in [5, 5.41) is 18.2. The molecule has 7 nitrogen and oxygen atoms in total. The molecule has 1 aromatic heterocycles. The first-order valence-corrected chi connectivity index (χ1v) is 7.43. The zero-order valence-electron chi connectivity index (χ0n) is 13.3. The minimum absolute atomic E-state index is 0.0725. The largest absolute Gasteiger partial charge is 0.334 e. The van der Waals surface area contributed by atoms with E-state index in [1.165, 1.54) is 12.1 Å². The van der Waals surface area contributed by atoms with Crippen LogP contribution in [0.5, 0.6) is 0 Å². The minimum Gasteiger partial charge on any atom is -0.334 e. The first kappa shape index (κ1) is 15.7. The minimum atomic E-state index is -0.489. The van der Waals surface area contributed by atoms with E-state index in [4.69, 9.17) is 0 Å². The average Bonchev–Trinajstić information content (AvgIpc) is 3.03. The molecule has 0 aliphatic carbocycles. The summed E-state index contributed by atoms with van der Waals surface area (Å²) in [7, 11) is 1.69. The van der Waals surface area contributed by atoms with Crippen LogP contribution >= 0.6 is 0 Å². The summed E-state index contributed by atoms with van der Waals surface area (Å²) in [5.41, 5.74) is 1.69. The van der Waals surface area contributed by atoms with E-state index < -0.39 is 4.92 Å². The lowest BCUT2D eigenvalue weighted by Gasteiger charge is -2.24. The van der Waals surface area contributed by atoms with E-state index in [-0.39, 0.29) is 23.3 Å². The van der Waals surface area contributed by atoms with Crippen LogP contribution in [0.1, 0.15) is 29.0 Å². The molecule has 0 radical (unpaired) electrons. The van der Waals surface area contributed by atoms with Crippen LogP contribution in [0, 0.1) is 10.1 Å². The Labute approximate surface area is 138 Å². The molecule has 1 atom stereocenters. The fourth-order valence-electron chi connectivity index (χ4n) is 2.58. The first-order valence-electron chi connectivity index (χ1n) is 7.43. The number of aromatic amines is 1. The highest BCUT2D eigenvalue weighted by molar-refractivity contribution is 6.05. The first-order chi connectivity index (χ1) is 11.5. The molecular formula is C17H16N4O3. The third-order valence-corrected chi connectivity index (χ3v) is 4.14. The van der Waals surface area contributed by atoms with Crippen molar-refractivity contribution in [1.82, 2.24) is 15.1 Å². The lowest BCUT2D eigenvalue weighted by atomic mass is 10.1. The number of fused-ring (bicyclic) bond motifs is 1. The molecule has 24 heavy (non-hydrogen) atoms. The molecule has 2 aromatic carbocycles. The molecule has 1 heterocycles. The molecule has 0 saturated heterocycles. The Balaban J connectivity index is 1.96. The number of H-pyrrole nitrogens is 1. The molecule has 0 aliphatic rings. The Morgan fingerprint density at radius 1 is 1.25 bits per heavy atom. The van der Waals surface area contributed by atoms with Crippen LogP contribution < -0.4 is 0 Å². The number of carbonyl (C=O) groups excluding carboxylic acids is 1. The van der Waals surface area contributed by atoms with Crippen LogP contribution in [-0.2, 0) is 0 Å². The summed E-state index contributed by atoms with van der Waals surface area (Å²) in [6.07, 6.45) is 0. The maximum Gasteiger partial charge on any atom is 0.275 e. The van der Waals surface area contributed by atoms with E-state index in [1.807, 2.05) is 37.3 Å². The summed E-state index contributed by atoms with van der Waals surface area (Å²) in [5.74, 6) is -0.293. The second-order valence-electron chi connectivity index (χ2n) is 5.56. The van der Waals surface area contributed by atoms with Crippen LogP contribution in [0.4, 0.5) is 5.69 Å². The molecule has 3 aromatic rings. The molecule has 1 amide bonds. The van der Waals surface area contributed by atoms with Gasteiger partial charge in [0.25, 0.3) is 11.6 Å². The van der Waals surface area contributed by atoms with Crippen LogP contribution in [0.3, 0.4) is 0 Å². The second kappa shape index (κ2) is 6.11. The van der Waals surface area contributed by atoms with Crippen molar-refractivity contribution in [3.63, 3.8) is 0 Å². The van der Waals surface area contributed by atoms with Crippen molar-refractivity contribution < 1.29 is 9.72 Å². The molecule has 0 fully saturated rings. The van der Waals surface area contributed by atoms with E-state index >= 15 is 0 Å². The highest BCUT2D eigenvalue weighted by atomic mass is 16.6. The van der Waals surface area contributed by atoms with Gasteiger partial charge in [-0.15, -0.1) is 0 Å². The summed E-state index contributed by atoms with van der Waals surface area (Å²) in [4.78, 5) is 24.8. The molecular weight excluding hydrogens is 308 g/mol. The quantitative estimate of drug-likeness (QED) is 0.588. The third-order valence-electron chi connectivity index (χ3n) is 4.14. The van der Waals surface area contributed by atoms with Crippen molar-refractivity contribution in [3.05, 3.63) is 69.9 Å². The number of aromatic nitrogens is 2. The Morgan fingerprint density at radius 3 is 2.62 bits per heavy atom. The molecule has 122 valence electrons. The molecule has 0 aliphatic heterocycles. The number of nitrogens with zero attached hydrogens (tertiary/aromatic N) is 3. The van der Waals surface area contributed by atoms with Gasteiger partial charge in [-0.1, -0.05) is 30.3 Å².